The summed E-state index contributed by atoms with van der Waals surface area (Å²) in [6.07, 6.45) is 2.07. The van der Waals surface area contributed by atoms with Gasteiger partial charge in [0.15, 0.2) is 0 Å². The third-order valence-electron chi connectivity index (χ3n) is 3.35. The zero-order valence-electron chi connectivity index (χ0n) is 12.4. The molecule has 0 spiro atoms. The maximum Gasteiger partial charge on any atom is 0.207 e. The SMILES string of the molecule is Cc1cn(-c2ccc(Br)c3ccccc23)c(NC(C)C)n1. The molecule has 1 aromatic heterocycles. The van der Waals surface area contributed by atoms with Crippen LogP contribution in [-0.4, -0.2) is 15.6 Å². The first-order chi connectivity index (χ1) is 10.1. The maximum atomic E-state index is 4.60. The molecule has 0 bridgehead atoms. The predicted molar refractivity (Wildman–Crippen MR) is 92.3 cm³/mol. The second kappa shape index (κ2) is 5.53. The van der Waals surface area contributed by atoms with Crippen molar-refractivity contribution in [2.24, 2.45) is 0 Å². The number of hydrogen-bond acceptors (Lipinski definition) is 2. The van der Waals surface area contributed by atoms with Crippen molar-refractivity contribution in [3.8, 4) is 5.69 Å². The molecule has 1 heterocycles. The number of halogens is 1. The Morgan fingerprint density at radius 1 is 1.10 bits per heavy atom. The Labute approximate surface area is 133 Å². The maximum absolute atomic E-state index is 4.60. The molecule has 108 valence electrons. The lowest BCUT2D eigenvalue weighted by Crippen LogP contribution is -2.14. The van der Waals surface area contributed by atoms with Crippen molar-refractivity contribution in [1.29, 1.82) is 0 Å². The van der Waals surface area contributed by atoms with Crippen LogP contribution < -0.4 is 5.32 Å². The summed E-state index contributed by atoms with van der Waals surface area (Å²) in [5.74, 6) is 0.884. The number of fused-ring (bicyclic) bond motifs is 1. The van der Waals surface area contributed by atoms with Crippen LogP contribution in [-0.2, 0) is 0 Å². The number of hydrogen-bond donors (Lipinski definition) is 1. The first kappa shape index (κ1) is 14.1. The summed E-state index contributed by atoms with van der Waals surface area (Å²) >= 11 is 3.63. The van der Waals surface area contributed by atoms with Crippen molar-refractivity contribution in [3.63, 3.8) is 0 Å². The molecule has 0 aliphatic carbocycles. The van der Waals surface area contributed by atoms with Crippen LogP contribution in [0.2, 0.25) is 0 Å². The highest BCUT2D eigenvalue weighted by Gasteiger charge is 2.12. The summed E-state index contributed by atoms with van der Waals surface area (Å²) in [5.41, 5.74) is 2.14. The van der Waals surface area contributed by atoms with Gasteiger partial charge in [0.25, 0.3) is 0 Å². The molecule has 0 aliphatic heterocycles. The third kappa shape index (κ3) is 2.68. The molecule has 4 heteroatoms. The van der Waals surface area contributed by atoms with E-state index in [1.165, 1.54) is 10.8 Å². The highest BCUT2D eigenvalue weighted by atomic mass is 79.9. The van der Waals surface area contributed by atoms with E-state index in [9.17, 15) is 0 Å². The van der Waals surface area contributed by atoms with Crippen molar-refractivity contribution in [1.82, 2.24) is 9.55 Å². The van der Waals surface area contributed by atoms with E-state index in [-0.39, 0.29) is 0 Å². The molecule has 0 amide bonds. The zero-order valence-corrected chi connectivity index (χ0v) is 14.0. The lowest BCUT2D eigenvalue weighted by molar-refractivity contribution is 0.865. The van der Waals surface area contributed by atoms with E-state index < -0.39 is 0 Å². The Morgan fingerprint density at radius 2 is 1.81 bits per heavy atom. The number of nitrogens with one attached hydrogen (secondary N) is 1. The van der Waals surface area contributed by atoms with Crippen molar-refractivity contribution in [2.45, 2.75) is 26.8 Å². The number of benzene rings is 2. The second-order valence-electron chi connectivity index (χ2n) is 5.49. The normalized spacial score (nSPS) is 11.3. The van der Waals surface area contributed by atoms with Gasteiger partial charge in [-0.3, -0.25) is 4.57 Å². The van der Waals surface area contributed by atoms with Crippen LogP contribution in [0.4, 0.5) is 5.95 Å². The van der Waals surface area contributed by atoms with Gasteiger partial charge < -0.3 is 5.32 Å². The monoisotopic (exact) mass is 343 g/mol. The highest BCUT2D eigenvalue weighted by molar-refractivity contribution is 9.10. The van der Waals surface area contributed by atoms with Crippen LogP contribution >= 0.6 is 15.9 Å². The molecular formula is C17H18BrN3. The fourth-order valence-electron chi connectivity index (χ4n) is 2.50. The molecule has 0 radical (unpaired) electrons. The number of aryl methyl sites for hydroxylation is 1. The van der Waals surface area contributed by atoms with Crippen LogP contribution in [0.3, 0.4) is 0 Å². The highest BCUT2D eigenvalue weighted by Crippen LogP contribution is 2.30. The van der Waals surface area contributed by atoms with Gasteiger partial charge in [-0.15, -0.1) is 0 Å². The minimum Gasteiger partial charge on any atom is -0.353 e. The first-order valence-corrected chi connectivity index (χ1v) is 7.85. The van der Waals surface area contributed by atoms with E-state index in [0.29, 0.717) is 6.04 Å². The first-order valence-electron chi connectivity index (χ1n) is 7.06. The average Bonchev–Trinajstić information content (AvgIpc) is 2.79. The second-order valence-corrected chi connectivity index (χ2v) is 6.34. The van der Waals surface area contributed by atoms with Crippen LogP contribution in [0.1, 0.15) is 19.5 Å². The summed E-state index contributed by atoms with van der Waals surface area (Å²) < 4.78 is 3.24. The predicted octanol–water partition coefficient (Wildman–Crippen LogP) is 4.92. The lowest BCUT2D eigenvalue weighted by Gasteiger charge is -2.14. The summed E-state index contributed by atoms with van der Waals surface area (Å²) in [7, 11) is 0. The Hall–Kier alpha value is -1.81. The Balaban J connectivity index is 2.24. The van der Waals surface area contributed by atoms with Crippen LogP contribution in [0, 0.1) is 6.92 Å². The molecule has 2 aromatic carbocycles. The topological polar surface area (TPSA) is 29.9 Å². The van der Waals surface area contributed by atoms with Crippen molar-refractivity contribution in [3.05, 3.63) is 52.8 Å². The molecule has 0 aliphatic rings. The van der Waals surface area contributed by atoms with Gasteiger partial charge in [0.1, 0.15) is 0 Å². The largest absolute Gasteiger partial charge is 0.353 e. The quantitative estimate of drug-likeness (QED) is 0.731. The lowest BCUT2D eigenvalue weighted by atomic mass is 10.1. The summed E-state index contributed by atoms with van der Waals surface area (Å²) in [6.45, 7) is 6.26. The molecule has 0 atom stereocenters. The number of anilines is 1. The van der Waals surface area contributed by atoms with Crippen molar-refractivity contribution >= 4 is 32.7 Å². The zero-order chi connectivity index (χ0) is 15.0. The minimum atomic E-state index is 0.340. The Morgan fingerprint density at radius 3 is 2.52 bits per heavy atom. The van der Waals surface area contributed by atoms with Gasteiger partial charge in [-0.05, 0) is 38.3 Å². The van der Waals surface area contributed by atoms with Gasteiger partial charge in [-0.2, -0.15) is 0 Å². The standard InChI is InChI=1S/C17H18BrN3/c1-11(2)19-17-20-12(3)10-21(17)16-9-8-15(18)13-6-4-5-7-14(13)16/h4-11H,1-3H3,(H,19,20). The van der Waals surface area contributed by atoms with Crippen LogP contribution in [0.15, 0.2) is 47.1 Å². The molecule has 3 nitrogen and oxygen atoms in total. The molecule has 21 heavy (non-hydrogen) atoms. The molecular weight excluding hydrogens is 326 g/mol. The van der Waals surface area contributed by atoms with Gasteiger partial charge in [0, 0.05) is 22.1 Å². The summed E-state index contributed by atoms with van der Waals surface area (Å²) in [5, 5.41) is 5.82. The third-order valence-corrected chi connectivity index (χ3v) is 4.04. The number of imidazole rings is 1. The van der Waals surface area contributed by atoms with E-state index in [0.717, 1.165) is 21.8 Å². The van der Waals surface area contributed by atoms with Gasteiger partial charge in [-0.1, -0.05) is 40.2 Å². The molecule has 3 rings (SSSR count). The van der Waals surface area contributed by atoms with E-state index >= 15 is 0 Å². The Kier molecular flexibility index (Phi) is 3.72. The van der Waals surface area contributed by atoms with Crippen LogP contribution in [0.5, 0.6) is 0 Å². The van der Waals surface area contributed by atoms with E-state index in [2.05, 4.69) is 87.2 Å². The number of rotatable bonds is 3. The van der Waals surface area contributed by atoms with Gasteiger partial charge >= 0.3 is 0 Å². The fourth-order valence-corrected chi connectivity index (χ4v) is 2.98. The number of nitrogens with zero attached hydrogens (tertiary/aromatic N) is 2. The number of aromatic nitrogens is 2. The molecule has 0 unspecified atom stereocenters. The van der Waals surface area contributed by atoms with Crippen molar-refractivity contribution in [2.75, 3.05) is 5.32 Å². The summed E-state index contributed by atoms with van der Waals surface area (Å²) in [4.78, 5) is 4.60. The van der Waals surface area contributed by atoms with E-state index in [4.69, 9.17) is 0 Å². The smallest absolute Gasteiger partial charge is 0.207 e. The van der Waals surface area contributed by atoms with Gasteiger partial charge in [0.2, 0.25) is 5.95 Å². The van der Waals surface area contributed by atoms with E-state index in [1.807, 2.05) is 6.92 Å². The van der Waals surface area contributed by atoms with Gasteiger partial charge in [0.05, 0.1) is 11.4 Å². The molecule has 0 saturated heterocycles. The Bertz CT molecular complexity index is 790. The summed E-state index contributed by atoms with van der Waals surface area (Å²) in [6, 6.07) is 12.9. The van der Waals surface area contributed by atoms with E-state index in [1.54, 1.807) is 0 Å². The van der Waals surface area contributed by atoms with Gasteiger partial charge in [-0.25, -0.2) is 4.98 Å². The fraction of sp³-hybridized carbons (Fsp3) is 0.235. The van der Waals surface area contributed by atoms with Crippen molar-refractivity contribution < 1.29 is 0 Å². The van der Waals surface area contributed by atoms with Crippen LogP contribution in [0.25, 0.3) is 16.5 Å². The molecule has 3 aromatic rings. The molecule has 1 N–H and O–H groups in total. The molecule has 0 fully saturated rings. The average molecular weight is 344 g/mol. The minimum absolute atomic E-state index is 0.340. The molecule has 0 saturated carbocycles.